The Bertz CT molecular complexity index is 650. The van der Waals surface area contributed by atoms with Crippen LogP contribution in [0.1, 0.15) is 25.6 Å². The molecule has 0 fully saturated rings. The molecule has 17 heavy (non-hydrogen) atoms. The number of aromatic amines is 2. The van der Waals surface area contributed by atoms with E-state index in [2.05, 4.69) is 39.2 Å². The van der Waals surface area contributed by atoms with Gasteiger partial charge in [0.15, 0.2) is 0 Å². The molecule has 0 saturated carbocycles. The highest BCUT2D eigenvalue weighted by atomic mass is 15.2. The third-order valence-electron chi connectivity index (χ3n) is 2.73. The average molecular weight is 227 g/mol. The van der Waals surface area contributed by atoms with Crippen LogP contribution in [-0.4, -0.2) is 25.4 Å². The Balaban J connectivity index is 2.14. The molecule has 0 amide bonds. The van der Waals surface area contributed by atoms with Gasteiger partial charge in [0.25, 0.3) is 0 Å². The second kappa shape index (κ2) is 3.69. The van der Waals surface area contributed by atoms with Crippen LogP contribution in [0.5, 0.6) is 0 Å². The van der Waals surface area contributed by atoms with Crippen molar-refractivity contribution in [2.45, 2.75) is 19.8 Å². The Morgan fingerprint density at radius 3 is 2.65 bits per heavy atom. The summed E-state index contributed by atoms with van der Waals surface area (Å²) in [7, 11) is 0. The molecule has 86 valence electrons. The highest BCUT2D eigenvalue weighted by Gasteiger charge is 2.13. The second-order valence-electron chi connectivity index (χ2n) is 4.32. The normalized spacial score (nSPS) is 11.5. The Labute approximate surface area is 98.3 Å². The molecule has 0 aliphatic carbocycles. The summed E-state index contributed by atoms with van der Waals surface area (Å²) in [5.74, 6) is 1.86. The van der Waals surface area contributed by atoms with E-state index in [0.29, 0.717) is 11.7 Å². The largest absolute Gasteiger partial charge is 0.277 e. The van der Waals surface area contributed by atoms with Crippen LogP contribution in [0.4, 0.5) is 0 Å². The topological polar surface area (TPSA) is 70.2 Å². The Morgan fingerprint density at radius 1 is 1.06 bits per heavy atom. The predicted octanol–water partition coefficient (Wildman–Crippen LogP) is 2.47. The molecule has 0 atom stereocenters. The fraction of sp³-hybridized carbons (Fsp3) is 0.250. The summed E-state index contributed by atoms with van der Waals surface area (Å²) in [6, 6.07) is 7.96. The lowest BCUT2D eigenvalue weighted by Gasteiger charge is -1.94. The molecule has 0 radical (unpaired) electrons. The number of H-pyrrole nitrogens is 2. The van der Waals surface area contributed by atoms with Gasteiger partial charge in [-0.3, -0.25) is 10.2 Å². The first-order valence-electron chi connectivity index (χ1n) is 5.61. The van der Waals surface area contributed by atoms with Gasteiger partial charge in [0.2, 0.25) is 5.82 Å². The summed E-state index contributed by atoms with van der Waals surface area (Å²) in [6.45, 7) is 4.15. The number of aromatic nitrogens is 5. The standard InChI is InChI=1S/C12H13N5/c1-7(2)11-13-12(17-16-11)10-8-5-3-4-6-9(8)14-15-10/h3-7H,1-2H3,(H,14,15)(H,13,16,17). The molecule has 0 aliphatic rings. The second-order valence-corrected chi connectivity index (χ2v) is 4.32. The Hall–Kier alpha value is -2.17. The van der Waals surface area contributed by atoms with Gasteiger partial charge in [-0.2, -0.15) is 10.2 Å². The number of para-hydroxylation sites is 1. The number of hydrogen-bond donors (Lipinski definition) is 2. The third kappa shape index (κ3) is 1.60. The van der Waals surface area contributed by atoms with Crippen LogP contribution < -0.4 is 0 Å². The lowest BCUT2D eigenvalue weighted by molar-refractivity contribution is 0.781. The number of nitrogens with zero attached hydrogens (tertiary/aromatic N) is 3. The Kier molecular flexibility index (Phi) is 2.18. The first-order chi connectivity index (χ1) is 8.25. The van der Waals surface area contributed by atoms with Crippen LogP contribution in [0, 0.1) is 0 Å². The zero-order valence-electron chi connectivity index (χ0n) is 9.73. The van der Waals surface area contributed by atoms with Gasteiger partial charge in [-0.25, -0.2) is 4.98 Å². The zero-order chi connectivity index (χ0) is 11.8. The molecule has 3 aromatic rings. The monoisotopic (exact) mass is 227 g/mol. The van der Waals surface area contributed by atoms with Gasteiger partial charge < -0.3 is 0 Å². The number of rotatable bonds is 2. The van der Waals surface area contributed by atoms with Crippen LogP contribution >= 0.6 is 0 Å². The van der Waals surface area contributed by atoms with E-state index < -0.39 is 0 Å². The lowest BCUT2D eigenvalue weighted by atomic mass is 10.2. The van der Waals surface area contributed by atoms with Crippen molar-refractivity contribution >= 4 is 10.9 Å². The highest BCUT2D eigenvalue weighted by Crippen LogP contribution is 2.23. The number of benzene rings is 1. The van der Waals surface area contributed by atoms with Crippen LogP contribution in [0.25, 0.3) is 22.4 Å². The SMILES string of the molecule is CC(C)c1nc(-c2n[nH]c3ccccc23)n[nH]1. The number of fused-ring (bicyclic) bond motifs is 1. The third-order valence-corrected chi connectivity index (χ3v) is 2.73. The molecule has 2 N–H and O–H groups in total. The smallest absolute Gasteiger partial charge is 0.202 e. The fourth-order valence-corrected chi connectivity index (χ4v) is 1.77. The number of nitrogens with one attached hydrogen (secondary N) is 2. The summed E-state index contributed by atoms with van der Waals surface area (Å²) in [6.07, 6.45) is 0. The minimum absolute atomic E-state index is 0.335. The van der Waals surface area contributed by atoms with Crippen LogP contribution in [-0.2, 0) is 0 Å². The quantitative estimate of drug-likeness (QED) is 0.706. The van der Waals surface area contributed by atoms with Gasteiger partial charge in [-0.15, -0.1) is 0 Å². The van der Waals surface area contributed by atoms with Crippen molar-refractivity contribution in [1.82, 2.24) is 25.4 Å². The maximum absolute atomic E-state index is 4.45. The Morgan fingerprint density at radius 2 is 1.88 bits per heavy atom. The molecule has 1 aromatic carbocycles. The van der Waals surface area contributed by atoms with E-state index in [-0.39, 0.29) is 0 Å². The van der Waals surface area contributed by atoms with E-state index in [1.54, 1.807) is 0 Å². The van der Waals surface area contributed by atoms with Crippen LogP contribution in [0.15, 0.2) is 24.3 Å². The van der Waals surface area contributed by atoms with Crippen molar-refractivity contribution in [3.63, 3.8) is 0 Å². The molecule has 0 spiro atoms. The van der Waals surface area contributed by atoms with Crippen molar-refractivity contribution in [3.8, 4) is 11.5 Å². The summed E-state index contributed by atoms with van der Waals surface area (Å²) in [5.41, 5.74) is 1.79. The van der Waals surface area contributed by atoms with Crippen LogP contribution in [0.2, 0.25) is 0 Å². The van der Waals surface area contributed by atoms with Gasteiger partial charge in [-0.05, 0) is 6.07 Å². The van der Waals surface area contributed by atoms with Crippen molar-refractivity contribution < 1.29 is 0 Å². The van der Waals surface area contributed by atoms with E-state index in [4.69, 9.17) is 0 Å². The molecular weight excluding hydrogens is 214 g/mol. The molecule has 2 aromatic heterocycles. The molecule has 2 heterocycles. The average Bonchev–Trinajstić information content (AvgIpc) is 2.95. The maximum Gasteiger partial charge on any atom is 0.202 e. The van der Waals surface area contributed by atoms with Gasteiger partial charge in [0.05, 0.1) is 5.52 Å². The van der Waals surface area contributed by atoms with Gasteiger partial charge in [0, 0.05) is 11.3 Å². The van der Waals surface area contributed by atoms with Gasteiger partial charge in [-0.1, -0.05) is 32.0 Å². The van der Waals surface area contributed by atoms with Gasteiger partial charge >= 0.3 is 0 Å². The minimum Gasteiger partial charge on any atom is -0.277 e. The van der Waals surface area contributed by atoms with E-state index in [1.807, 2.05) is 24.3 Å². The molecule has 5 heteroatoms. The first kappa shape index (κ1) is 10.0. The fourth-order valence-electron chi connectivity index (χ4n) is 1.77. The first-order valence-corrected chi connectivity index (χ1v) is 5.61. The molecule has 0 saturated heterocycles. The van der Waals surface area contributed by atoms with E-state index in [9.17, 15) is 0 Å². The van der Waals surface area contributed by atoms with Crippen molar-refractivity contribution in [1.29, 1.82) is 0 Å². The molecule has 0 aliphatic heterocycles. The minimum atomic E-state index is 0.335. The van der Waals surface area contributed by atoms with E-state index in [1.165, 1.54) is 0 Å². The predicted molar refractivity (Wildman–Crippen MR) is 65.6 cm³/mol. The lowest BCUT2D eigenvalue weighted by Crippen LogP contribution is -1.89. The van der Waals surface area contributed by atoms with Crippen molar-refractivity contribution in [2.75, 3.05) is 0 Å². The van der Waals surface area contributed by atoms with Crippen LogP contribution in [0.3, 0.4) is 0 Å². The summed E-state index contributed by atoms with van der Waals surface area (Å²) < 4.78 is 0. The summed E-state index contributed by atoms with van der Waals surface area (Å²) >= 11 is 0. The molecule has 3 rings (SSSR count). The molecule has 0 unspecified atom stereocenters. The van der Waals surface area contributed by atoms with Gasteiger partial charge in [0.1, 0.15) is 11.5 Å². The van der Waals surface area contributed by atoms with Crippen molar-refractivity contribution in [3.05, 3.63) is 30.1 Å². The van der Waals surface area contributed by atoms with E-state index >= 15 is 0 Å². The highest BCUT2D eigenvalue weighted by molar-refractivity contribution is 5.90. The summed E-state index contributed by atoms with van der Waals surface area (Å²) in [4.78, 5) is 4.45. The van der Waals surface area contributed by atoms with E-state index in [0.717, 1.165) is 22.4 Å². The molecule has 5 nitrogen and oxygen atoms in total. The van der Waals surface area contributed by atoms with Crippen molar-refractivity contribution in [2.24, 2.45) is 0 Å². The summed E-state index contributed by atoms with van der Waals surface area (Å²) in [5, 5.41) is 15.4. The number of hydrogen-bond acceptors (Lipinski definition) is 3. The zero-order valence-corrected chi connectivity index (χ0v) is 9.73. The molecular formula is C12H13N5. The maximum atomic E-state index is 4.45. The molecule has 0 bridgehead atoms.